The maximum absolute atomic E-state index is 12.6. The number of hydrogen-bond donors (Lipinski definition) is 1. The molecule has 0 spiro atoms. The van der Waals surface area contributed by atoms with E-state index in [0.29, 0.717) is 27.9 Å². The molecule has 0 atom stereocenters. The fourth-order valence-electron chi connectivity index (χ4n) is 2.90. The van der Waals surface area contributed by atoms with Crippen LogP contribution in [0.4, 0.5) is 5.69 Å². The molecule has 2 aromatic rings. The second-order valence-electron chi connectivity index (χ2n) is 6.84. The maximum atomic E-state index is 12.6. The maximum Gasteiger partial charge on any atom is 0.266 e. The van der Waals surface area contributed by atoms with Gasteiger partial charge in [0.1, 0.15) is 4.32 Å². The Balaban J connectivity index is 1.41. The third kappa shape index (κ3) is 6.24. The van der Waals surface area contributed by atoms with E-state index < -0.39 is 0 Å². The van der Waals surface area contributed by atoms with Crippen LogP contribution in [0.3, 0.4) is 0 Å². The van der Waals surface area contributed by atoms with Crippen molar-refractivity contribution in [2.45, 2.75) is 32.6 Å². The molecule has 150 valence electrons. The number of thiocarbonyl (C=S) groups is 1. The Morgan fingerprint density at radius 1 is 1.21 bits per heavy atom. The molecule has 1 aliphatic heterocycles. The monoisotopic (exact) mass is 425 g/mol. The summed E-state index contributed by atoms with van der Waals surface area (Å²) in [4.78, 5) is 30.9. The van der Waals surface area contributed by atoms with E-state index in [1.54, 1.807) is 23.4 Å². The zero-order chi connectivity index (χ0) is 20.6. The van der Waals surface area contributed by atoms with Gasteiger partial charge in [0.25, 0.3) is 5.91 Å². The first kappa shape index (κ1) is 21.2. The van der Waals surface area contributed by atoms with Crippen molar-refractivity contribution in [2.24, 2.45) is 0 Å². The summed E-state index contributed by atoms with van der Waals surface area (Å²) in [6.45, 7) is 2.62. The molecular weight excluding hydrogens is 402 g/mol. The minimum Gasteiger partial charge on any atom is -0.325 e. The molecule has 0 saturated carbocycles. The van der Waals surface area contributed by atoms with Crippen molar-refractivity contribution in [2.75, 3.05) is 11.9 Å². The lowest BCUT2D eigenvalue weighted by Gasteiger charge is -2.14. The number of pyridine rings is 1. The second kappa shape index (κ2) is 10.3. The van der Waals surface area contributed by atoms with Gasteiger partial charge in [-0.15, -0.1) is 0 Å². The lowest BCUT2D eigenvalue weighted by Crippen LogP contribution is -2.29. The summed E-state index contributed by atoms with van der Waals surface area (Å²) in [5.74, 6) is -0.0560. The van der Waals surface area contributed by atoms with E-state index in [1.807, 2.05) is 43.3 Å². The Hall–Kier alpha value is -2.51. The Morgan fingerprint density at radius 3 is 2.72 bits per heavy atom. The molecule has 5 nitrogen and oxygen atoms in total. The van der Waals surface area contributed by atoms with Gasteiger partial charge >= 0.3 is 0 Å². The average Bonchev–Trinajstić information content (AvgIpc) is 2.97. The van der Waals surface area contributed by atoms with Crippen LogP contribution in [0.15, 0.2) is 53.7 Å². The summed E-state index contributed by atoms with van der Waals surface area (Å²) in [6, 6.07) is 11.6. The first-order chi connectivity index (χ1) is 14.0. The highest BCUT2D eigenvalue weighted by molar-refractivity contribution is 8.26. The fourth-order valence-corrected chi connectivity index (χ4v) is 4.21. The molecule has 0 radical (unpaired) electrons. The number of aryl methyl sites for hydroxylation is 1. The molecule has 7 heteroatoms. The summed E-state index contributed by atoms with van der Waals surface area (Å²) in [5, 5.41) is 2.82. The van der Waals surface area contributed by atoms with Gasteiger partial charge in [-0.3, -0.25) is 19.5 Å². The quantitative estimate of drug-likeness (QED) is 0.374. The Kier molecular flexibility index (Phi) is 7.55. The zero-order valence-corrected chi connectivity index (χ0v) is 17.9. The largest absolute Gasteiger partial charge is 0.325 e. The van der Waals surface area contributed by atoms with E-state index in [1.165, 1.54) is 17.3 Å². The number of thioether (sulfide) groups is 1. The number of carbonyl (C=O) groups is 2. The first-order valence-corrected chi connectivity index (χ1v) is 10.8. The van der Waals surface area contributed by atoms with E-state index >= 15 is 0 Å². The van der Waals surface area contributed by atoms with Gasteiger partial charge in [-0.05, 0) is 43.5 Å². The van der Waals surface area contributed by atoms with Crippen molar-refractivity contribution in [1.29, 1.82) is 0 Å². The number of carbonyl (C=O) groups excluding carboxylic acids is 2. The Labute approximate surface area is 180 Å². The van der Waals surface area contributed by atoms with Crippen molar-refractivity contribution in [3.8, 4) is 0 Å². The molecule has 1 aliphatic rings. The SMILES string of the molecule is Cc1ccc(/C=C2\SC(=S)N(CCCCCC(=O)Nc3cccnc3)C2=O)cc1. The van der Waals surface area contributed by atoms with Gasteiger partial charge in [0.05, 0.1) is 16.8 Å². The van der Waals surface area contributed by atoms with Gasteiger partial charge in [0.2, 0.25) is 5.91 Å². The molecule has 1 saturated heterocycles. The molecule has 2 heterocycles. The van der Waals surface area contributed by atoms with Crippen molar-refractivity contribution in [1.82, 2.24) is 9.88 Å². The number of unbranched alkanes of at least 4 members (excludes halogenated alkanes) is 2. The van der Waals surface area contributed by atoms with E-state index in [-0.39, 0.29) is 11.8 Å². The molecule has 1 fully saturated rings. The van der Waals surface area contributed by atoms with E-state index in [9.17, 15) is 9.59 Å². The minimum atomic E-state index is -0.0325. The number of amides is 2. The second-order valence-corrected chi connectivity index (χ2v) is 8.52. The zero-order valence-electron chi connectivity index (χ0n) is 16.3. The van der Waals surface area contributed by atoms with Crippen LogP contribution < -0.4 is 5.32 Å². The van der Waals surface area contributed by atoms with Crippen molar-refractivity contribution >= 4 is 51.9 Å². The van der Waals surface area contributed by atoms with Crippen LogP contribution in [-0.4, -0.2) is 32.6 Å². The van der Waals surface area contributed by atoms with Crippen LogP contribution in [-0.2, 0) is 9.59 Å². The summed E-state index contributed by atoms with van der Waals surface area (Å²) < 4.78 is 0.600. The number of benzene rings is 1. The molecular formula is C22H23N3O2S2. The molecule has 1 N–H and O–H groups in total. The summed E-state index contributed by atoms with van der Waals surface area (Å²) >= 11 is 6.73. The molecule has 1 aromatic carbocycles. The first-order valence-electron chi connectivity index (χ1n) is 9.55. The van der Waals surface area contributed by atoms with Crippen LogP contribution in [0.1, 0.15) is 36.8 Å². The molecule has 0 aliphatic carbocycles. The normalized spacial score (nSPS) is 15.2. The number of nitrogens with zero attached hydrogens (tertiary/aromatic N) is 2. The predicted octanol–water partition coefficient (Wildman–Crippen LogP) is 4.79. The lowest BCUT2D eigenvalue weighted by molar-refractivity contribution is -0.122. The topological polar surface area (TPSA) is 62.3 Å². The van der Waals surface area contributed by atoms with Gasteiger partial charge in [0, 0.05) is 19.2 Å². The Bertz CT molecular complexity index is 911. The number of rotatable bonds is 8. The van der Waals surface area contributed by atoms with Crippen LogP contribution in [0.2, 0.25) is 0 Å². The van der Waals surface area contributed by atoms with Crippen LogP contribution in [0.5, 0.6) is 0 Å². The summed E-state index contributed by atoms with van der Waals surface area (Å²) in [7, 11) is 0. The molecule has 29 heavy (non-hydrogen) atoms. The van der Waals surface area contributed by atoms with Crippen LogP contribution in [0, 0.1) is 6.92 Å². The highest BCUT2D eigenvalue weighted by atomic mass is 32.2. The third-order valence-electron chi connectivity index (χ3n) is 4.48. The van der Waals surface area contributed by atoms with Gasteiger partial charge in [-0.1, -0.05) is 60.2 Å². The third-order valence-corrected chi connectivity index (χ3v) is 5.86. The van der Waals surface area contributed by atoms with E-state index in [4.69, 9.17) is 12.2 Å². The number of nitrogens with one attached hydrogen (secondary N) is 1. The van der Waals surface area contributed by atoms with Gasteiger partial charge < -0.3 is 5.32 Å². The summed E-state index contributed by atoms with van der Waals surface area (Å²) in [5.41, 5.74) is 2.88. The van der Waals surface area contributed by atoms with Gasteiger partial charge in [-0.2, -0.15) is 0 Å². The smallest absolute Gasteiger partial charge is 0.266 e. The molecule has 1 aromatic heterocycles. The van der Waals surface area contributed by atoms with Crippen molar-refractivity contribution in [3.05, 3.63) is 64.8 Å². The number of aromatic nitrogens is 1. The molecule has 3 rings (SSSR count). The van der Waals surface area contributed by atoms with Crippen LogP contribution in [0.25, 0.3) is 6.08 Å². The molecule has 0 bridgehead atoms. The molecule has 0 unspecified atom stereocenters. The highest BCUT2D eigenvalue weighted by Crippen LogP contribution is 2.32. The van der Waals surface area contributed by atoms with Gasteiger partial charge in [-0.25, -0.2) is 0 Å². The lowest BCUT2D eigenvalue weighted by atomic mass is 10.1. The predicted molar refractivity (Wildman–Crippen MR) is 122 cm³/mol. The minimum absolute atomic E-state index is 0.0235. The standard InChI is InChI=1S/C22H23N3O2S2/c1-16-8-10-17(11-9-16)14-19-21(27)25(22(28)29-19)13-4-2-3-7-20(26)24-18-6-5-12-23-15-18/h5-6,8-12,14-15H,2-4,7,13H2,1H3,(H,24,26)/b19-14-. The Morgan fingerprint density at radius 2 is 2.00 bits per heavy atom. The van der Waals surface area contributed by atoms with Crippen molar-refractivity contribution in [3.63, 3.8) is 0 Å². The number of hydrogen-bond acceptors (Lipinski definition) is 5. The average molecular weight is 426 g/mol. The van der Waals surface area contributed by atoms with Gasteiger partial charge in [0.15, 0.2) is 0 Å². The van der Waals surface area contributed by atoms with Crippen molar-refractivity contribution < 1.29 is 9.59 Å². The summed E-state index contributed by atoms with van der Waals surface area (Å²) in [6.07, 6.45) is 8.05. The fraction of sp³-hybridized carbons (Fsp3) is 0.273. The molecule has 2 amide bonds. The van der Waals surface area contributed by atoms with E-state index in [0.717, 1.165) is 24.8 Å². The highest BCUT2D eigenvalue weighted by Gasteiger charge is 2.31. The van der Waals surface area contributed by atoms with Crippen LogP contribution >= 0.6 is 24.0 Å². The van der Waals surface area contributed by atoms with E-state index in [2.05, 4.69) is 10.3 Å². The number of anilines is 1.